The largest absolute Gasteiger partial charge is 0.460 e. The van der Waals surface area contributed by atoms with Crippen LogP contribution in [0.3, 0.4) is 0 Å². The molecule has 5 heteroatoms. The summed E-state index contributed by atoms with van der Waals surface area (Å²) in [5, 5.41) is 0. The van der Waals surface area contributed by atoms with E-state index in [4.69, 9.17) is 9.47 Å². The minimum absolute atomic E-state index is 0.0637. The van der Waals surface area contributed by atoms with Crippen LogP contribution in [0, 0.1) is 11.8 Å². The number of hydrogen-bond donors (Lipinski definition) is 0. The van der Waals surface area contributed by atoms with Crippen molar-refractivity contribution < 1.29 is 19.1 Å². The van der Waals surface area contributed by atoms with Crippen LogP contribution < -0.4 is 0 Å². The average molecular weight is 452 g/mol. The Morgan fingerprint density at radius 1 is 0.941 bits per heavy atom. The number of ether oxygens (including phenoxy) is 2. The first-order chi connectivity index (χ1) is 16.7. The number of amides is 1. The summed E-state index contributed by atoms with van der Waals surface area (Å²) < 4.78 is 12.0. The summed E-state index contributed by atoms with van der Waals surface area (Å²) in [6, 6.07) is 29.3. The molecule has 0 aliphatic carbocycles. The number of fused-ring (bicyclic) bond motifs is 1. The Balaban J connectivity index is 1.31. The van der Waals surface area contributed by atoms with Crippen molar-refractivity contribution in [3.8, 4) is 0 Å². The van der Waals surface area contributed by atoms with Gasteiger partial charge >= 0.3 is 5.97 Å². The minimum Gasteiger partial charge on any atom is -0.460 e. The third kappa shape index (κ3) is 3.35. The average Bonchev–Trinajstić information content (AvgIpc) is 3.53. The molecule has 3 aliphatic rings. The molecule has 0 saturated carbocycles. The zero-order chi connectivity index (χ0) is 23.1. The molecular formula is C29H25NO4. The molecule has 4 atom stereocenters. The maximum Gasteiger partial charge on any atom is 0.313 e. The van der Waals surface area contributed by atoms with Gasteiger partial charge in [0.25, 0.3) is 0 Å². The lowest BCUT2D eigenvalue weighted by atomic mass is 9.77. The molecule has 0 radical (unpaired) electrons. The molecule has 6 rings (SSSR count). The van der Waals surface area contributed by atoms with E-state index in [9.17, 15) is 9.59 Å². The van der Waals surface area contributed by atoms with E-state index >= 15 is 0 Å². The summed E-state index contributed by atoms with van der Waals surface area (Å²) in [6.45, 7) is 0.585. The highest BCUT2D eigenvalue weighted by molar-refractivity contribution is 5.91. The van der Waals surface area contributed by atoms with E-state index in [0.29, 0.717) is 6.54 Å². The smallest absolute Gasteiger partial charge is 0.313 e. The van der Waals surface area contributed by atoms with Crippen molar-refractivity contribution in [3.63, 3.8) is 0 Å². The number of rotatable bonds is 6. The SMILES string of the molecule is O=C(OCc1ccccc1)C1C2C=CC3(CN(C(c4ccccc4)c4ccccc4)C(=O)C13)O2. The lowest BCUT2D eigenvalue weighted by molar-refractivity contribution is -0.155. The van der Waals surface area contributed by atoms with Gasteiger partial charge in [-0.25, -0.2) is 0 Å². The monoisotopic (exact) mass is 451 g/mol. The van der Waals surface area contributed by atoms with Gasteiger partial charge in [0.2, 0.25) is 5.91 Å². The Labute approximate surface area is 198 Å². The lowest BCUT2D eigenvalue weighted by Gasteiger charge is -2.31. The Morgan fingerprint density at radius 3 is 2.15 bits per heavy atom. The van der Waals surface area contributed by atoms with Crippen molar-refractivity contribution >= 4 is 11.9 Å². The molecular weight excluding hydrogens is 426 g/mol. The first kappa shape index (κ1) is 20.9. The van der Waals surface area contributed by atoms with Crippen LogP contribution in [-0.4, -0.2) is 35.0 Å². The molecule has 2 fully saturated rings. The number of likely N-dealkylation sites (tertiary alicyclic amines) is 1. The van der Waals surface area contributed by atoms with Crippen LogP contribution in [0.5, 0.6) is 0 Å². The first-order valence-electron chi connectivity index (χ1n) is 11.6. The third-order valence-electron chi connectivity index (χ3n) is 7.17. The van der Waals surface area contributed by atoms with Crippen LogP contribution in [-0.2, 0) is 25.7 Å². The number of carbonyl (C=O) groups excluding carboxylic acids is 2. The highest BCUT2D eigenvalue weighted by Gasteiger charge is 2.68. The second-order valence-electron chi connectivity index (χ2n) is 9.18. The first-order valence-corrected chi connectivity index (χ1v) is 11.6. The van der Waals surface area contributed by atoms with E-state index in [1.54, 1.807) is 0 Å². The summed E-state index contributed by atoms with van der Waals surface area (Å²) in [6.07, 6.45) is 3.47. The highest BCUT2D eigenvalue weighted by Crippen LogP contribution is 2.54. The zero-order valence-electron chi connectivity index (χ0n) is 18.6. The number of esters is 1. The van der Waals surface area contributed by atoms with Crippen molar-refractivity contribution in [1.29, 1.82) is 0 Å². The molecule has 2 bridgehead atoms. The Bertz CT molecular complexity index is 1190. The predicted octanol–water partition coefficient (Wildman–Crippen LogP) is 4.30. The molecule has 0 aromatic heterocycles. The standard InChI is InChI=1S/C29H25NO4/c31-27-25-24(28(32)33-18-20-10-4-1-5-11-20)23-16-17-29(25,34-23)19-30(27)26(21-12-6-2-7-13-21)22-14-8-3-9-15-22/h1-17,23-26H,18-19H2. The second kappa shape index (κ2) is 8.26. The third-order valence-corrected chi connectivity index (χ3v) is 7.17. The van der Waals surface area contributed by atoms with Crippen molar-refractivity contribution in [1.82, 2.24) is 4.90 Å². The molecule has 5 nitrogen and oxygen atoms in total. The molecule has 3 aromatic rings. The topological polar surface area (TPSA) is 55.8 Å². The fourth-order valence-corrected chi connectivity index (χ4v) is 5.66. The van der Waals surface area contributed by atoms with Crippen molar-refractivity contribution in [3.05, 3.63) is 120 Å². The molecule has 1 spiro atoms. The van der Waals surface area contributed by atoms with Crippen LogP contribution in [0.2, 0.25) is 0 Å². The summed E-state index contributed by atoms with van der Waals surface area (Å²) >= 11 is 0. The summed E-state index contributed by atoms with van der Waals surface area (Å²) in [7, 11) is 0. The number of benzene rings is 3. The molecule has 2 saturated heterocycles. The number of nitrogens with zero attached hydrogens (tertiary/aromatic N) is 1. The lowest BCUT2D eigenvalue weighted by Crippen LogP contribution is -2.40. The van der Waals surface area contributed by atoms with Gasteiger partial charge in [-0.3, -0.25) is 9.59 Å². The maximum absolute atomic E-state index is 14.0. The summed E-state index contributed by atoms with van der Waals surface area (Å²) in [5.74, 6) is -1.67. The molecule has 3 heterocycles. The van der Waals surface area contributed by atoms with Gasteiger partial charge in [-0.15, -0.1) is 0 Å². The molecule has 170 valence electrons. The van der Waals surface area contributed by atoms with Crippen LogP contribution >= 0.6 is 0 Å². The van der Waals surface area contributed by atoms with Crippen LogP contribution in [0.15, 0.2) is 103 Å². The Morgan fingerprint density at radius 2 is 1.53 bits per heavy atom. The van der Waals surface area contributed by atoms with Gasteiger partial charge < -0.3 is 14.4 Å². The van der Waals surface area contributed by atoms with E-state index in [1.807, 2.05) is 108 Å². The van der Waals surface area contributed by atoms with Gasteiger partial charge in [0.15, 0.2) is 0 Å². The van der Waals surface area contributed by atoms with E-state index in [0.717, 1.165) is 16.7 Å². The van der Waals surface area contributed by atoms with Crippen molar-refractivity contribution in [2.75, 3.05) is 6.54 Å². The molecule has 3 aliphatic heterocycles. The molecule has 4 unspecified atom stereocenters. The quantitative estimate of drug-likeness (QED) is 0.414. The van der Waals surface area contributed by atoms with Gasteiger partial charge in [-0.05, 0) is 16.7 Å². The van der Waals surface area contributed by atoms with Crippen LogP contribution in [0.25, 0.3) is 0 Å². The Kier molecular flexibility index (Phi) is 5.07. The van der Waals surface area contributed by atoms with Gasteiger partial charge in [-0.2, -0.15) is 0 Å². The molecule has 3 aromatic carbocycles. The van der Waals surface area contributed by atoms with Crippen LogP contribution in [0.1, 0.15) is 22.7 Å². The number of hydrogen-bond acceptors (Lipinski definition) is 4. The fourth-order valence-electron chi connectivity index (χ4n) is 5.66. The summed E-state index contributed by atoms with van der Waals surface area (Å²) in [4.78, 5) is 29.0. The highest BCUT2D eigenvalue weighted by atomic mass is 16.6. The van der Waals surface area contributed by atoms with Crippen LogP contribution in [0.4, 0.5) is 0 Å². The van der Waals surface area contributed by atoms with Gasteiger partial charge in [-0.1, -0.05) is 103 Å². The fraction of sp³-hybridized carbons (Fsp3) is 0.241. The second-order valence-corrected chi connectivity index (χ2v) is 9.18. The van der Waals surface area contributed by atoms with Gasteiger partial charge in [0, 0.05) is 0 Å². The molecule has 34 heavy (non-hydrogen) atoms. The van der Waals surface area contributed by atoms with Crippen molar-refractivity contribution in [2.45, 2.75) is 24.4 Å². The van der Waals surface area contributed by atoms with Gasteiger partial charge in [0.05, 0.1) is 24.6 Å². The molecule has 1 amide bonds. The minimum atomic E-state index is -0.792. The predicted molar refractivity (Wildman–Crippen MR) is 126 cm³/mol. The molecule has 0 N–H and O–H groups in total. The number of carbonyl (C=O) groups is 2. The van der Waals surface area contributed by atoms with Crippen molar-refractivity contribution in [2.24, 2.45) is 11.8 Å². The van der Waals surface area contributed by atoms with E-state index in [2.05, 4.69) is 0 Å². The zero-order valence-corrected chi connectivity index (χ0v) is 18.6. The van der Waals surface area contributed by atoms with Gasteiger partial charge in [0.1, 0.15) is 18.1 Å². The Hall–Kier alpha value is -3.70. The van der Waals surface area contributed by atoms with E-state index < -0.39 is 23.5 Å². The normalized spacial score (nSPS) is 26.8. The van der Waals surface area contributed by atoms with E-state index in [-0.39, 0.29) is 24.5 Å². The maximum atomic E-state index is 14.0. The summed E-state index contributed by atoms with van der Waals surface area (Å²) in [5.41, 5.74) is 2.18. The van der Waals surface area contributed by atoms with E-state index in [1.165, 1.54) is 0 Å².